The van der Waals surface area contributed by atoms with Crippen LogP contribution >= 0.6 is 0 Å². The Labute approximate surface area is 129 Å². The number of likely N-dealkylation sites (tertiary alicyclic amines) is 1. The number of nitrogens with one attached hydrogen (secondary N) is 1. The molecule has 0 saturated carbocycles. The molecule has 0 aromatic heterocycles. The van der Waals surface area contributed by atoms with Crippen molar-refractivity contribution < 1.29 is 13.6 Å². The number of hydrogen-bond donors (Lipinski definition) is 2. The summed E-state index contributed by atoms with van der Waals surface area (Å²) in [6, 6.07) is 3.77. The molecule has 2 rings (SSSR count). The highest BCUT2D eigenvalue weighted by atomic mass is 19.1. The average Bonchev–Trinajstić information content (AvgIpc) is 2.84. The number of rotatable bonds is 6. The first kappa shape index (κ1) is 16.8. The molecular weight excluding hydrogens is 288 g/mol. The first-order valence-electron chi connectivity index (χ1n) is 7.55. The van der Waals surface area contributed by atoms with E-state index in [1.54, 1.807) is 0 Å². The van der Waals surface area contributed by atoms with Crippen molar-refractivity contribution >= 4 is 5.91 Å². The lowest BCUT2D eigenvalue weighted by molar-refractivity contribution is -0.122. The van der Waals surface area contributed by atoms with Gasteiger partial charge in [-0.15, -0.1) is 0 Å². The molecule has 1 amide bonds. The summed E-state index contributed by atoms with van der Waals surface area (Å²) in [4.78, 5) is 13.9. The highest BCUT2D eigenvalue weighted by Gasteiger charge is 2.32. The van der Waals surface area contributed by atoms with Gasteiger partial charge in [-0.05, 0) is 43.5 Å². The first-order chi connectivity index (χ1) is 10.4. The normalized spacial score (nSPS) is 22.0. The molecule has 1 aliphatic rings. The van der Waals surface area contributed by atoms with Gasteiger partial charge in [0.1, 0.15) is 11.6 Å². The fraction of sp³-hybridized carbons (Fsp3) is 0.562. The molecule has 0 spiro atoms. The number of benzene rings is 1. The molecule has 122 valence electrons. The summed E-state index contributed by atoms with van der Waals surface area (Å²) in [7, 11) is 0. The summed E-state index contributed by atoms with van der Waals surface area (Å²) in [5, 5.41) is 2.71. The van der Waals surface area contributed by atoms with E-state index in [0.29, 0.717) is 13.1 Å². The van der Waals surface area contributed by atoms with Gasteiger partial charge in [0.2, 0.25) is 5.91 Å². The van der Waals surface area contributed by atoms with Crippen molar-refractivity contribution in [3.63, 3.8) is 0 Å². The molecule has 1 aromatic rings. The van der Waals surface area contributed by atoms with Crippen molar-refractivity contribution in [3.8, 4) is 0 Å². The zero-order valence-electron chi connectivity index (χ0n) is 12.9. The number of nitrogens with zero attached hydrogens (tertiary/aromatic N) is 1. The zero-order valence-corrected chi connectivity index (χ0v) is 12.9. The SMILES string of the molecule is CC1(CN)CCN(CC(=O)NCCc2c(F)cccc2F)C1. The van der Waals surface area contributed by atoms with Crippen molar-refractivity contribution in [1.29, 1.82) is 0 Å². The maximum Gasteiger partial charge on any atom is 0.234 e. The molecular formula is C16H23F2N3O. The summed E-state index contributed by atoms with van der Waals surface area (Å²) in [6.07, 6.45) is 1.13. The Morgan fingerprint density at radius 2 is 2.09 bits per heavy atom. The second kappa shape index (κ2) is 7.15. The second-order valence-electron chi connectivity index (χ2n) is 6.28. The molecule has 1 fully saturated rings. The second-order valence-corrected chi connectivity index (χ2v) is 6.28. The van der Waals surface area contributed by atoms with Crippen LogP contribution < -0.4 is 11.1 Å². The highest BCUT2D eigenvalue weighted by molar-refractivity contribution is 5.78. The molecule has 0 radical (unpaired) electrons. The van der Waals surface area contributed by atoms with Crippen molar-refractivity contribution in [2.24, 2.45) is 11.1 Å². The molecule has 0 bridgehead atoms. The van der Waals surface area contributed by atoms with Gasteiger partial charge in [0.25, 0.3) is 0 Å². The largest absolute Gasteiger partial charge is 0.355 e. The molecule has 3 N–H and O–H groups in total. The summed E-state index contributed by atoms with van der Waals surface area (Å²) >= 11 is 0. The predicted octanol–water partition coefficient (Wildman–Crippen LogP) is 1.29. The van der Waals surface area contributed by atoms with Crippen molar-refractivity contribution in [2.45, 2.75) is 19.8 Å². The van der Waals surface area contributed by atoms with E-state index in [0.717, 1.165) is 19.5 Å². The van der Waals surface area contributed by atoms with E-state index in [1.807, 2.05) is 0 Å². The third kappa shape index (κ3) is 4.24. The minimum atomic E-state index is -0.576. The van der Waals surface area contributed by atoms with Crippen molar-refractivity contribution in [3.05, 3.63) is 35.4 Å². The lowest BCUT2D eigenvalue weighted by Gasteiger charge is -2.22. The summed E-state index contributed by atoms with van der Waals surface area (Å²) < 4.78 is 26.9. The molecule has 6 heteroatoms. The van der Waals surface area contributed by atoms with Crippen LogP contribution in [0.2, 0.25) is 0 Å². The number of halogens is 2. The third-order valence-electron chi connectivity index (χ3n) is 4.26. The minimum absolute atomic E-state index is 0.0136. The molecule has 1 heterocycles. The van der Waals surface area contributed by atoms with Crippen LogP contribution in [0.25, 0.3) is 0 Å². The number of carbonyl (C=O) groups excluding carboxylic acids is 1. The van der Waals surface area contributed by atoms with Crippen LogP contribution in [0.3, 0.4) is 0 Å². The molecule has 1 saturated heterocycles. The van der Waals surface area contributed by atoms with E-state index in [1.165, 1.54) is 18.2 Å². The Bertz CT molecular complexity index is 518. The summed E-state index contributed by atoms with van der Waals surface area (Å²) in [6.45, 7) is 4.90. The van der Waals surface area contributed by atoms with E-state index in [2.05, 4.69) is 17.1 Å². The molecule has 22 heavy (non-hydrogen) atoms. The van der Waals surface area contributed by atoms with Crippen molar-refractivity contribution in [2.75, 3.05) is 32.7 Å². The van der Waals surface area contributed by atoms with Gasteiger partial charge in [-0.3, -0.25) is 9.69 Å². The van der Waals surface area contributed by atoms with Crippen LogP contribution in [-0.4, -0.2) is 43.5 Å². The average molecular weight is 311 g/mol. The van der Waals surface area contributed by atoms with Crippen LogP contribution in [-0.2, 0) is 11.2 Å². The predicted molar refractivity (Wildman–Crippen MR) is 81.3 cm³/mol. The van der Waals surface area contributed by atoms with Crippen LogP contribution in [0.4, 0.5) is 8.78 Å². The molecule has 4 nitrogen and oxygen atoms in total. The topological polar surface area (TPSA) is 58.4 Å². The van der Waals surface area contributed by atoms with Gasteiger partial charge in [0, 0.05) is 18.7 Å². The lowest BCUT2D eigenvalue weighted by atomic mass is 9.90. The van der Waals surface area contributed by atoms with Crippen LogP contribution in [0.5, 0.6) is 0 Å². The fourth-order valence-electron chi connectivity index (χ4n) is 2.78. The van der Waals surface area contributed by atoms with Gasteiger partial charge < -0.3 is 11.1 Å². The Kier molecular flexibility index (Phi) is 5.47. The minimum Gasteiger partial charge on any atom is -0.355 e. The Morgan fingerprint density at radius 1 is 1.41 bits per heavy atom. The maximum absolute atomic E-state index is 13.5. The molecule has 1 aromatic carbocycles. The van der Waals surface area contributed by atoms with E-state index in [4.69, 9.17) is 5.73 Å². The zero-order chi connectivity index (χ0) is 16.2. The Hall–Kier alpha value is -1.53. The number of hydrogen-bond acceptors (Lipinski definition) is 3. The van der Waals surface area contributed by atoms with E-state index >= 15 is 0 Å². The fourth-order valence-corrected chi connectivity index (χ4v) is 2.78. The molecule has 1 atom stereocenters. The van der Waals surface area contributed by atoms with Gasteiger partial charge in [-0.2, -0.15) is 0 Å². The quantitative estimate of drug-likeness (QED) is 0.832. The maximum atomic E-state index is 13.5. The smallest absolute Gasteiger partial charge is 0.234 e. The van der Waals surface area contributed by atoms with Gasteiger partial charge in [0.05, 0.1) is 6.54 Å². The number of amides is 1. The molecule has 1 aliphatic heterocycles. The first-order valence-corrected chi connectivity index (χ1v) is 7.55. The van der Waals surface area contributed by atoms with Crippen LogP contribution in [0, 0.1) is 17.0 Å². The third-order valence-corrected chi connectivity index (χ3v) is 4.26. The van der Waals surface area contributed by atoms with E-state index in [9.17, 15) is 13.6 Å². The Morgan fingerprint density at radius 3 is 2.68 bits per heavy atom. The molecule has 0 aliphatic carbocycles. The monoisotopic (exact) mass is 311 g/mol. The van der Waals surface area contributed by atoms with Gasteiger partial charge in [0.15, 0.2) is 0 Å². The summed E-state index contributed by atoms with van der Waals surface area (Å²) in [5.41, 5.74) is 5.83. The van der Waals surface area contributed by atoms with Crippen LogP contribution in [0.15, 0.2) is 18.2 Å². The standard InChI is InChI=1S/C16H23F2N3O/c1-16(10-19)6-8-21(11-16)9-15(22)20-7-5-12-13(17)3-2-4-14(12)18/h2-4H,5-11,19H2,1H3,(H,20,22). The van der Waals surface area contributed by atoms with Crippen LogP contribution in [0.1, 0.15) is 18.9 Å². The van der Waals surface area contributed by atoms with E-state index < -0.39 is 11.6 Å². The highest BCUT2D eigenvalue weighted by Crippen LogP contribution is 2.27. The van der Waals surface area contributed by atoms with Gasteiger partial charge >= 0.3 is 0 Å². The van der Waals surface area contributed by atoms with E-state index in [-0.39, 0.29) is 29.9 Å². The van der Waals surface area contributed by atoms with Crippen molar-refractivity contribution in [1.82, 2.24) is 10.2 Å². The summed E-state index contributed by atoms with van der Waals surface area (Å²) in [5.74, 6) is -1.28. The molecule has 1 unspecified atom stereocenters. The number of nitrogens with two attached hydrogens (primary N) is 1. The lowest BCUT2D eigenvalue weighted by Crippen LogP contribution is -2.39. The Balaban J connectivity index is 1.75. The van der Waals surface area contributed by atoms with Gasteiger partial charge in [-0.1, -0.05) is 13.0 Å². The number of carbonyl (C=O) groups is 1. The van der Waals surface area contributed by atoms with Gasteiger partial charge in [-0.25, -0.2) is 8.78 Å².